The lowest BCUT2D eigenvalue weighted by molar-refractivity contribution is -0.145. The second kappa shape index (κ2) is 7.00. The summed E-state index contributed by atoms with van der Waals surface area (Å²) >= 11 is 0. The number of amides is 2. The molecule has 2 aliphatic rings. The number of imide groups is 1. The van der Waals surface area contributed by atoms with Crippen LogP contribution in [0, 0.1) is 0 Å². The number of hydrogen-bond donors (Lipinski definition) is 1. The van der Waals surface area contributed by atoms with Gasteiger partial charge in [0.15, 0.2) is 0 Å². The monoisotopic (exact) mass is 298 g/mol. The normalized spacial score (nSPS) is 24.8. The predicted molar refractivity (Wildman–Crippen MR) is 73.6 cm³/mol. The second-order valence-corrected chi connectivity index (χ2v) is 5.54. The number of carbonyl (C=O) groups excluding carboxylic acids is 2. The number of carbonyl (C=O) groups is 3. The molecule has 0 spiro atoms. The molecule has 0 aliphatic carbocycles. The van der Waals surface area contributed by atoms with Crippen molar-refractivity contribution in [2.75, 3.05) is 26.2 Å². The zero-order valence-electron chi connectivity index (χ0n) is 12.3. The van der Waals surface area contributed by atoms with Crippen molar-refractivity contribution in [2.45, 2.75) is 44.8 Å². The summed E-state index contributed by atoms with van der Waals surface area (Å²) in [5.74, 6) is -1.15. The van der Waals surface area contributed by atoms with Gasteiger partial charge < -0.3 is 9.84 Å². The lowest BCUT2D eigenvalue weighted by Gasteiger charge is -2.34. The minimum absolute atomic E-state index is 0.0729. The molecule has 2 rings (SSSR count). The van der Waals surface area contributed by atoms with Gasteiger partial charge in [-0.15, -0.1) is 0 Å². The number of hydrogen-bond acceptors (Lipinski definition) is 5. The molecule has 1 unspecified atom stereocenters. The van der Waals surface area contributed by atoms with Crippen LogP contribution in [0.4, 0.5) is 0 Å². The Labute approximate surface area is 123 Å². The number of rotatable bonds is 6. The van der Waals surface area contributed by atoms with Crippen molar-refractivity contribution >= 4 is 17.8 Å². The minimum atomic E-state index is -0.968. The average molecular weight is 298 g/mol. The molecule has 118 valence electrons. The van der Waals surface area contributed by atoms with Gasteiger partial charge in [0.25, 0.3) is 0 Å². The van der Waals surface area contributed by atoms with E-state index in [0.717, 1.165) is 6.42 Å². The molecule has 0 saturated carbocycles. The highest BCUT2D eigenvalue weighted by Gasteiger charge is 2.42. The van der Waals surface area contributed by atoms with Gasteiger partial charge in [0.2, 0.25) is 11.8 Å². The van der Waals surface area contributed by atoms with Crippen molar-refractivity contribution in [2.24, 2.45) is 0 Å². The van der Waals surface area contributed by atoms with Crippen LogP contribution in [0.5, 0.6) is 0 Å². The number of carboxylic acid groups (broad SMARTS) is 1. The van der Waals surface area contributed by atoms with Crippen LogP contribution in [0.3, 0.4) is 0 Å². The van der Waals surface area contributed by atoms with Crippen molar-refractivity contribution in [3.05, 3.63) is 0 Å². The first-order valence-electron chi connectivity index (χ1n) is 7.44. The molecule has 2 heterocycles. The highest BCUT2D eigenvalue weighted by atomic mass is 16.5. The van der Waals surface area contributed by atoms with Crippen molar-refractivity contribution in [1.82, 2.24) is 9.80 Å². The summed E-state index contributed by atoms with van der Waals surface area (Å²) in [6.07, 6.45) is 2.35. The van der Waals surface area contributed by atoms with Gasteiger partial charge in [0.05, 0.1) is 18.6 Å². The summed E-state index contributed by atoms with van der Waals surface area (Å²) in [7, 11) is 0. The first-order chi connectivity index (χ1) is 10.0. The lowest BCUT2D eigenvalue weighted by atomic mass is 10.0. The van der Waals surface area contributed by atoms with Crippen LogP contribution in [0.15, 0.2) is 0 Å². The SMILES string of the molecule is CCCN1C(=O)CC(N2CCC(OCC(=O)O)CC2)C1=O. The van der Waals surface area contributed by atoms with Crippen LogP contribution < -0.4 is 0 Å². The molecule has 0 aromatic carbocycles. The molecule has 0 aromatic heterocycles. The van der Waals surface area contributed by atoms with E-state index in [2.05, 4.69) is 0 Å². The Kier molecular flexibility index (Phi) is 5.30. The first kappa shape index (κ1) is 15.9. The molecule has 0 radical (unpaired) electrons. The minimum Gasteiger partial charge on any atom is -0.480 e. The molecule has 2 saturated heterocycles. The van der Waals surface area contributed by atoms with Gasteiger partial charge in [-0.05, 0) is 19.3 Å². The summed E-state index contributed by atoms with van der Waals surface area (Å²) in [6, 6.07) is -0.343. The van der Waals surface area contributed by atoms with Crippen LogP contribution in [-0.4, -0.2) is 71.1 Å². The largest absolute Gasteiger partial charge is 0.480 e. The fourth-order valence-electron chi connectivity index (χ4n) is 2.95. The van der Waals surface area contributed by atoms with E-state index in [9.17, 15) is 14.4 Å². The Balaban J connectivity index is 1.84. The van der Waals surface area contributed by atoms with Gasteiger partial charge in [-0.3, -0.25) is 19.4 Å². The third-order valence-corrected chi connectivity index (χ3v) is 4.03. The van der Waals surface area contributed by atoms with Crippen LogP contribution in [0.1, 0.15) is 32.6 Å². The Hall–Kier alpha value is -1.47. The standard InChI is InChI=1S/C14H22N2O5/c1-2-5-16-12(17)8-11(14(16)20)15-6-3-10(4-7-15)21-9-13(18)19/h10-11H,2-9H2,1H3,(H,18,19). The van der Waals surface area contributed by atoms with Crippen LogP contribution in [-0.2, 0) is 19.1 Å². The van der Waals surface area contributed by atoms with E-state index in [1.54, 1.807) is 0 Å². The smallest absolute Gasteiger partial charge is 0.329 e. The van der Waals surface area contributed by atoms with Crippen LogP contribution in [0.25, 0.3) is 0 Å². The summed E-state index contributed by atoms with van der Waals surface area (Å²) in [5.41, 5.74) is 0. The number of likely N-dealkylation sites (tertiary alicyclic amines) is 2. The van der Waals surface area contributed by atoms with E-state index < -0.39 is 5.97 Å². The number of ether oxygens (including phenoxy) is 1. The Morgan fingerprint density at radius 3 is 2.57 bits per heavy atom. The van der Waals surface area contributed by atoms with E-state index in [0.29, 0.717) is 32.5 Å². The van der Waals surface area contributed by atoms with Gasteiger partial charge >= 0.3 is 5.97 Å². The molecule has 0 bridgehead atoms. The van der Waals surface area contributed by atoms with Crippen molar-refractivity contribution in [3.8, 4) is 0 Å². The van der Waals surface area contributed by atoms with Crippen molar-refractivity contribution in [1.29, 1.82) is 0 Å². The molecule has 1 N–H and O–H groups in total. The highest BCUT2D eigenvalue weighted by Crippen LogP contribution is 2.23. The van der Waals surface area contributed by atoms with Gasteiger partial charge in [-0.25, -0.2) is 4.79 Å². The van der Waals surface area contributed by atoms with E-state index in [1.807, 2.05) is 11.8 Å². The summed E-state index contributed by atoms with van der Waals surface area (Å²) in [6.45, 7) is 3.48. The molecule has 7 heteroatoms. The molecular formula is C14H22N2O5. The van der Waals surface area contributed by atoms with E-state index >= 15 is 0 Å². The zero-order valence-corrected chi connectivity index (χ0v) is 12.3. The van der Waals surface area contributed by atoms with Gasteiger partial charge in [-0.1, -0.05) is 6.92 Å². The molecule has 21 heavy (non-hydrogen) atoms. The zero-order chi connectivity index (χ0) is 15.4. The third-order valence-electron chi connectivity index (χ3n) is 4.03. The molecule has 0 aromatic rings. The van der Waals surface area contributed by atoms with E-state index in [-0.39, 0.29) is 37.0 Å². The molecule has 2 fully saturated rings. The van der Waals surface area contributed by atoms with E-state index in [1.165, 1.54) is 4.90 Å². The highest BCUT2D eigenvalue weighted by molar-refractivity contribution is 6.05. The van der Waals surface area contributed by atoms with E-state index in [4.69, 9.17) is 9.84 Å². The lowest BCUT2D eigenvalue weighted by Crippen LogP contribution is -2.47. The van der Waals surface area contributed by atoms with Crippen molar-refractivity contribution < 1.29 is 24.2 Å². The Bertz CT molecular complexity index is 418. The summed E-state index contributed by atoms with van der Waals surface area (Å²) in [5, 5.41) is 8.59. The summed E-state index contributed by atoms with van der Waals surface area (Å²) in [4.78, 5) is 38.0. The number of aliphatic carboxylic acids is 1. The fourth-order valence-corrected chi connectivity index (χ4v) is 2.95. The molecule has 2 amide bonds. The summed E-state index contributed by atoms with van der Waals surface area (Å²) < 4.78 is 5.27. The molecule has 7 nitrogen and oxygen atoms in total. The quantitative estimate of drug-likeness (QED) is 0.699. The Morgan fingerprint density at radius 2 is 2.00 bits per heavy atom. The number of nitrogens with zero attached hydrogens (tertiary/aromatic N) is 2. The predicted octanol–water partition coefficient (Wildman–Crippen LogP) is 0.0895. The number of carboxylic acids is 1. The molecule has 1 atom stereocenters. The van der Waals surface area contributed by atoms with Gasteiger partial charge in [0.1, 0.15) is 6.61 Å². The second-order valence-electron chi connectivity index (χ2n) is 5.54. The average Bonchev–Trinajstić information content (AvgIpc) is 2.74. The third kappa shape index (κ3) is 3.79. The number of piperidine rings is 1. The van der Waals surface area contributed by atoms with Crippen molar-refractivity contribution in [3.63, 3.8) is 0 Å². The molecular weight excluding hydrogens is 276 g/mol. The van der Waals surface area contributed by atoms with Crippen LogP contribution >= 0.6 is 0 Å². The van der Waals surface area contributed by atoms with Crippen LogP contribution in [0.2, 0.25) is 0 Å². The maximum absolute atomic E-state index is 12.3. The molecule has 2 aliphatic heterocycles. The fraction of sp³-hybridized carbons (Fsp3) is 0.786. The van der Waals surface area contributed by atoms with Gasteiger partial charge in [0, 0.05) is 19.6 Å². The Morgan fingerprint density at radius 1 is 1.33 bits per heavy atom. The van der Waals surface area contributed by atoms with Gasteiger partial charge in [-0.2, -0.15) is 0 Å². The first-order valence-corrected chi connectivity index (χ1v) is 7.44. The maximum atomic E-state index is 12.3. The maximum Gasteiger partial charge on any atom is 0.329 e. The topological polar surface area (TPSA) is 87.2 Å².